The zero-order valence-electron chi connectivity index (χ0n) is 30.5. The van der Waals surface area contributed by atoms with Crippen LogP contribution >= 0.6 is 11.3 Å². The lowest BCUT2D eigenvalue weighted by atomic mass is 9.71. The molecule has 0 radical (unpaired) electrons. The van der Waals surface area contributed by atoms with E-state index in [2.05, 4.69) is 4.98 Å². The number of thiophene rings is 1. The molecule has 11 nitrogen and oxygen atoms in total. The maximum Gasteiger partial charge on any atom is 0.425 e. The molecule has 2 atom stereocenters. The first-order valence-corrected chi connectivity index (χ1v) is 19.0. The number of rotatable bonds is 14. The fourth-order valence-corrected chi connectivity index (χ4v) is 8.31. The van der Waals surface area contributed by atoms with E-state index in [4.69, 9.17) is 20.3 Å². The number of aromatic nitrogens is 1. The molecule has 56 heavy (non-hydrogen) atoms. The molecule has 304 valence electrons. The second kappa shape index (κ2) is 17.1. The van der Waals surface area contributed by atoms with Crippen LogP contribution in [0.15, 0.2) is 54.0 Å². The predicted octanol–water partition coefficient (Wildman–Crippen LogP) is 7.08. The molecule has 2 fully saturated rings. The number of nitrogens with two attached hydrogens (primary N) is 1. The number of hydrogen-bond acceptors (Lipinski definition) is 8. The van der Waals surface area contributed by atoms with E-state index < -0.39 is 69.2 Å². The summed E-state index contributed by atoms with van der Waals surface area (Å²) in [6, 6.07) is 8.02. The van der Waals surface area contributed by atoms with Crippen LogP contribution in [0.25, 0.3) is 0 Å². The Hall–Kier alpha value is -4.87. The van der Waals surface area contributed by atoms with E-state index in [1.807, 2.05) is 0 Å². The lowest BCUT2D eigenvalue weighted by Gasteiger charge is -2.51. The summed E-state index contributed by atoms with van der Waals surface area (Å²) < 4.78 is 95.6. The molecule has 3 aromatic rings. The van der Waals surface area contributed by atoms with Gasteiger partial charge in [-0.2, -0.15) is 26.3 Å². The first-order chi connectivity index (χ1) is 26.4. The average Bonchev–Trinajstić information content (AvgIpc) is 3.64. The van der Waals surface area contributed by atoms with Crippen molar-refractivity contribution in [1.82, 2.24) is 14.8 Å². The van der Waals surface area contributed by atoms with E-state index in [-0.39, 0.29) is 70.5 Å². The van der Waals surface area contributed by atoms with Crippen molar-refractivity contribution in [2.45, 2.75) is 94.1 Å². The number of aliphatic carboxylic acids is 1. The zero-order chi connectivity index (χ0) is 40.9. The highest BCUT2D eigenvalue weighted by atomic mass is 32.1. The molecular formula is C38H42F6N4O7S. The smallest absolute Gasteiger partial charge is 0.425 e. The predicted molar refractivity (Wildman–Crippen MR) is 191 cm³/mol. The number of amides is 3. The molecule has 2 aromatic heterocycles. The summed E-state index contributed by atoms with van der Waals surface area (Å²) in [7, 11) is 0. The standard InChI is InChI=1S/C38H42F6N4O7S/c1-2-9-28-36(55-24-22-29(56-23-24)38(42,43)44,14-8-18-48(28)32(51)31-26(37(39,40)41)11-7-17-46-31)34(53)47-19-15-35(16-20-47,33(45)52)25-10-3-4-12-27(25)54-21-6-5-13-30(49)50/h3-4,7,10-12,17,22-23,28H,2,5-6,8-9,13-16,18-21H2,1H3,(H2,45,52)(H,49,50)/t28-,36+/m1/s1. The van der Waals surface area contributed by atoms with Crippen molar-refractivity contribution in [3.05, 3.63) is 75.7 Å². The summed E-state index contributed by atoms with van der Waals surface area (Å²) in [5, 5.41) is 10.0. The molecule has 5 rings (SSSR count). The van der Waals surface area contributed by atoms with Crippen LogP contribution in [0, 0.1) is 0 Å². The number of carbonyl (C=O) groups excluding carboxylic acids is 3. The van der Waals surface area contributed by atoms with Crippen LogP contribution in [-0.2, 0) is 32.2 Å². The molecule has 0 saturated carbocycles. The van der Waals surface area contributed by atoms with E-state index in [9.17, 15) is 40.7 Å². The lowest BCUT2D eigenvalue weighted by Crippen LogP contribution is -2.69. The van der Waals surface area contributed by atoms with Crippen molar-refractivity contribution < 1.29 is 60.1 Å². The van der Waals surface area contributed by atoms with Crippen LogP contribution in [0.2, 0.25) is 0 Å². The van der Waals surface area contributed by atoms with E-state index in [1.165, 1.54) is 4.90 Å². The molecule has 3 N–H and O–H groups in total. The van der Waals surface area contributed by atoms with Gasteiger partial charge in [-0.15, -0.1) is 11.3 Å². The molecule has 3 amide bonds. The summed E-state index contributed by atoms with van der Waals surface area (Å²) in [6.07, 6.45) is -7.52. The molecule has 1 aromatic carbocycles. The Morgan fingerprint density at radius 3 is 2.32 bits per heavy atom. The average molecular weight is 813 g/mol. The quantitative estimate of drug-likeness (QED) is 0.129. The number of carboxylic acids is 1. The third kappa shape index (κ3) is 8.89. The summed E-state index contributed by atoms with van der Waals surface area (Å²) in [4.78, 5) is 58.5. The molecule has 0 aliphatic carbocycles. The molecular weight excluding hydrogens is 770 g/mol. The fourth-order valence-electron chi connectivity index (χ4n) is 7.63. The van der Waals surface area contributed by atoms with E-state index >= 15 is 4.79 Å². The Kier molecular flexibility index (Phi) is 12.9. The number of primary amides is 1. The first kappa shape index (κ1) is 42.3. The summed E-state index contributed by atoms with van der Waals surface area (Å²) in [6.45, 7) is 1.66. The fraction of sp³-hybridized carbons (Fsp3) is 0.500. The third-order valence-electron chi connectivity index (χ3n) is 10.3. The number of piperidine rings is 2. The minimum absolute atomic E-state index is 0.00415. The maximum atomic E-state index is 15.0. The topological polar surface area (TPSA) is 152 Å². The molecule has 2 aliphatic rings. The van der Waals surface area contributed by atoms with Crippen molar-refractivity contribution >= 4 is 35.0 Å². The van der Waals surface area contributed by atoms with Gasteiger partial charge >= 0.3 is 18.3 Å². The molecule has 0 bridgehead atoms. The largest absolute Gasteiger partial charge is 0.493 e. The van der Waals surface area contributed by atoms with Crippen LogP contribution in [0.5, 0.6) is 11.5 Å². The molecule has 18 heteroatoms. The van der Waals surface area contributed by atoms with Crippen LogP contribution in [-0.4, -0.2) is 81.5 Å². The number of benzene rings is 1. The minimum atomic E-state index is -4.94. The van der Waals surface area contributed by atoms with Gasteiger partial charge in [0.1, 0.15) is 22.1 Å². The molecule has 4 heterocycles. The van der Waals surface area contributed by atoms with E-state index in [0.717, 1.165) is 34.7 Å². The molecule has 2 aliphatic heterocycles. The lowest BCUT2D eigenvalue weighted by molar-refractivity contribution is -0.161. The Morgan fingerprint density at radius 2 is 1.70 bits per heavy atom. The van der Waals surface area contributed by atoms with Crippen molar-refractivity contribution in [1.29, 1.82) is 0 Å². The van der Waals surface area contributed by atoms with Gasteiger partial charge in [-0.05, 0) is 56.7 Å². The van der Waals surface area contributed by atoms with Crippen LogP contribution in [0.3, 0.4) is 0 Å². The molecule has 0 unspecified atom stereocenters. The van der Waals surface area contributed by atoms with Gasteiger partial charge in [0.25, 0.3) is 11.8 Å². The number of para-hydroxylation sites is 1. The highest BCUT2D eigenvalue weighted by Gasteiger charge is 2.57. The Bertz CT molecular complexity index is 1900. The van der Waals surface area contributed by atoms with E-state index in [0.29, 0.717) is 41.9 Å². The second-order valence-electron chi connectivity index (χ2n) is 13.9. The van der Waals surface area contributed by atoms with Gasteiger partial charge in [-0.3, -0.25) is 24.2 Å². The number of unbranched alkanes of at least 4 members (excludes halogenated alkanes) is 1. The van der Waals surface area contributed by atoms with Crippen molar-refractivity contribution in [2.24, 2.45) is 5.73 Å². The van der Waals surface area contributed by atoms with Gasteiger partial charge in [-0.25, -0.2) is 0 Å². The summed E-state index contributed by atoms with van der Waals surface area (Å²) in [5.74, 6) is -3.38. The van der Waals surface area contributed by atoms with Gasteiger partial charge in [-0.1, -0.05) is 31.5 Å². The third-order valence-corrected chi connectivity index (χ3v) is 11.3. The van der Waals surface area contributed by atoms with Gasteiger partial charge in [0, 0.05) is 55.7 Å². The van der Waals surface area contributed by atoms with Crippen molar-refractivity contribution in [2.75, 3.05) is 26.2 Å². The number of nitrogens with zero attached hydrogens (tertiary/aromatic N) is 3. The monoisotopic (exact) mass is 812 g/mol. The van der Waals surface area contributed by atoms with E-state index in [1.54, 1.807) is 31.2 Å². The Balaban J connectivity index is 1.50. The van der Waals surface area contributed by atoms with Gasteiger partial charge < -0.3 is 30.1 Å². The van der Waals surface area contributed by atoms with Crippen molar-refractivity contribution in [3.63, 3.8) is 0 Å². The minimum Gasteiger partial charge on any atom is -0.493 e. The number of pyridine rings is 1. The Labute approximate surface area is 322 Å². The number of halogens is 6. The van der Waals surface area contributed by atoms with Crippen LogP contribution in [0.4, 0.5) is 26.3 Å². The highest BCUT2D eigenvalue weighted by molar-refractivity contribution is 7.10. The summed E-state index contributed by atoms with van der Waals surface area (Å²) >= 11 is 0.346. The number of carbonyl (C=O) groups is 4. The van der Waals surface area contributed by atoms with Gasteiger partial charge in [0.15, 0.2) is 0 Å². The zero-order valence-corrected chi connectivity index (χ0v) is 31.3. The number of carboxylic acid groups (broad SMARTS) is 1. The number of ether oxygens (including phenoxy) is 2. The van der Waals surface area contributed by atoms with Crippen LogP contribution in [0.1, 0.15) is 91.2 Å². The molecule has 2 saturated heterocycles. The van der Waals surface area contributed by atoms with Gasteiger partial charge in [0.2, 0.25) is 11.5 Å². The summed E-state index contributed by atoms with van der Waals surface area (Å²) in [5.41, 5.74) is 0.998. The molecule has 0 spiro atoms. The number of likely N-dealkylation sites (tertiary alicyclic amines) is 2. The number of hydrogen-bond donors (Lipinski definition) is 2. The Morgan fingerprint density at radius 1 is 0.982 bits per heavy atom. The second-order valence-corrected chi connectivity index (χ2v) is 14.8. The van der Waals surface area contributed by atoms with Crippen LogP contribution < -0.4 is 15.2 Å². The maximum absolute atomic E-state index is 15.0. The normalized spacial score (nSPS) is 20.0. The first-order valence-electron chi connectivity index (χ1n) is 18.2. The number of alkyl halides is 6. The SMILES string of the molecule is CCC[C@H]1N(C(=O)c2ncccc2C(F)(F)F)CCC[C@@]1(Oc1csc(C(F)(F)F)c1)C(=O)N1CCC(C(N)=O)(c2ccccc2OCCCCC(=O)O)CC1. The van der Waals surface area contributed by atoms with Crippen molar-refractivity contribution in [3.8, 4) is 11.5 Å². The highest BCUT2D eigenvalue weighted by Crippen LogP contribution is 2.45. The van der Waals surface area contributed by atoms with Gasteiger partial charge in [0.05, 0.1) is 23.6 Å².